The fourth-order valence-electron chi connectivity index (χ4n) is 5.84. The molecule has 1 atom stereocenters. The molecule has 0 bridgehead atoms. The van der Waals surface area contributed by atoms with Crippen LogP contribution >= 0.6 is 15.9 Å². The molecule has 1 heterocycles. The van der Waals surface area contributed by atoms with Gasteiger partial charge >= 0.3 is 5.97 Å². The fraction of sp³-hybridized carbons (Fsp3) is 0.481. The zero-order valence-corrected chi connectivity index (χ0v) is 22.7. The lowest BCUT2D eigenvalue weighted by Crippen LogP contribution is -2.44. The molecular formula is C27H32BrNO5S. The van der Waals surface area contributed by atoms with Gasteiger partial charge in [-0.1, -0.05) is 46.3 Å². The predicted octanol–water partition coefficient (Wildman–Crippen LogP) is 4.79. The summed E-state index contributed by atoms with van der Waals surface area (Å²) in [4.78, 5) is 27.5. The van der Waals surface area contributed by atoms with Crippen LogP contribution < -0.4 is 0 Å². The number of halogens is 1. The molecule has 0 N–H and O–H groups in total. The highest BCUT2D eigenvalue weighted by Crippen LogP contribution is 2.55. The molecule has 2 aliphatic rings. The van der Waals surface area contributed by atoms with E-state index in [1.165, 1.54) is 17.4 Å². The van der Waals surface area contributed by atoms with Gasteiger partial charge in [-0.05, 0) is 67.3 Å². The van der Waals surface area contributed by atoms with E-state index in [9.17, 15) is 18.0 Å². The van der Waals surface area contributed by atoms with E-state index >= 15 is 0 Å². The first kappa shape index (κ1) is 25.9. The van der Waals surface area contributed by atoms with E-state index in [4.69, 9.17) is 4.74 Å². The van der Waals surface area contributed by atoms with E-state index in [0.717, 1.165) is 23.7 Å². The Morgan fingerprint density at radius 1 is 1.11 bits per heavy atom. The number of esters is 1. The number of nitrogens with zero attached hydrogens (tertiary/aromatic N) is 1. The number of hydrogen-bond donors (Lipinski definition) is 0. The van der Waals surface area contributed by atoms with Gasteiger partial charge in [-0.25, -0.2) is 8.42 Å². The quantitative estimate of drug-likeness (QED) is 0.454. The summed E-state index contributed by atoms with van der Waals surface area (Å²) in [5.41, 5.74) is 3.12. The number of aryl methyl sites for hydroxylation is 1. The third-order valence-corrected chi connectivity index (χ3v) is 9.28. The van der Waals surface area contributed by atoms with Gasteiger partial charge in [-0.15, -0.1) is 0 Å². The van der Waals surface area contributed by atoms with Crippen molar-refractivity contribution in [2.24, 2.45) is 0 Å². The molecule has 35 heavy (non-hydrogen) atoms. The predicted molar refractivity (Wildman–Crippen MR) is 138 cm³/mol. The van der Waals surface area contributed by atoms with Gasteiger partial charge in [-0.3, -0.25) is 9.59 Å². The topological polar surface area (TPSA) is 80.8 Å². The maximum atomic E-state index is 13.0. The molecule has 1 spiro atoms. The van der Waals surface area contributed by atoms with Crippen molar-refractivity contribution >= 4 is 37.6 Å². The van der Waals surface area contributed by atoms with Gasteiger partial charge in [0.1, 0.15) is 0 Å². The van der Waals surface area contributed by atoms with Gasteiger partial charge in [0, 0.05) is 35.7 Å². The fourth-order valence-corrected chi connectivity index (χ4v) is 7.61. The molecule has 1 aliphatic heterocycles. The molecule has 0 radical (unpaired) electrons. The average Bonchev–Trinajstić information content (AvgIpc) is 3.11. The lowest BCUT2D eigenvalue weighted by Gasteiger charge is -2.41. The van der Waals surface area contributed by atoms with Crippen LogP contribution in [0.5, 0.6) is 0 Å². The SMILES string of the molecule is CCOC(=O)CC1CC2(CCN(C(=O)CCc3ccccc3S(C)(=O)=O)CC2)c2c(Br)cccc21. The summed E-state index contributed by atoms with van der Waals surface area (Å²) in [6.45, 7) is 3.51. The number of piperidine rings is 1. The van der Waals surface area contributed by atoms with E-state index in [1.807, 2.05) is 17.9 Å². The van der Waals surface area contributed by atoms with Crippen LogP contribution in [0.4, 0.5) is 0 Å². The Bertz CT molecular complexity index is 1220. The van der Waals surface area contributed by atoms with Crippen molar-refractivity contribution in [1.82, 2.24) is 4.90 Å². The first-order chi connectivity index (χ1) is 16.6. The van der Waals surface area contributed by atoms with Gasteiger partial charge < -0.3 is 9.64 Å². The van der Waals surface area contributed by atoms with Crippen molar-refractivity contribution < 1.29 is 22.7 Å². The van der Waals surface area contributed by atoms with Crippen LogP contribution in [-0.4, -0.2) is 51.1 Å². The molecule has 1 amide bonds. The van der Waals surface area contributed by atoms with E-state index in [0.29, 0.717) is 43.0 Å². The summed E-state index contributed by atoms with van der Waals surface area (Å²) in [6, 6.07) is 13.1. The van der Waals surface area contributed by atoms with Gasteiger partial charge in [0.05, 0.1) is 17.9 Å². The molecule has 0 aromatic heterocycles. The normalized spacial score (nSPS) is 18.9. The molecule has 6 nitrogen and oxygen atoms in total. The summed E-state index contributed by atoms with van der Waals surface area (Å²) in [5.74, 6) is 0.00957. The molecular weight excluding hydrogens is 530 g/mol. The molecule has 8 heteroatoms. The standard InChI is InChI=1S/C27H32BrNO5S/c1-3-34-25(31)17-20-18-27(26-21(20)8-6-9-22(26)28)13-15-29(16-14-27)24(30)12-11-19-7-4-5-10-23(19)35(2,32)33/h4-10,20H,3,11-18H2,1-2H3. The Labute approximate surface area is 216 Å². The van der Waals surface area contributed by atoms with E-state index in [-0.39, 0.29) is 29.6 Å². The lowest BCUT2D eigenvalue weighted by atomic mass is 9.73. The second-order valence-corrected chi connectivity index (χ2v) is 12.5. The van der Waals surface area contributed by atoms with Gasteiger partial charge in [-0.2, -0.15) is 0 Å². The van der Waals surface area contributed by atoms with Crippen LogP contribution in [0.3, 0.4) is 0 Å². The molecule has 2 aromatic carbocycles. The Hall–Kier alpha value is -2.19. The van der Waals surface area contributed by atoms with E-state index < -0.39 is 9.84 Å². The summed E-state index contributed by atoms with van der Waals surface area (Å²) in [6.07, 6.45) is 4.83. The van der Waals surface area contributed by atoms with Crippen molar-refractivity contribution in [3.63, 3.8) is 0 Å². The molecule has 2 aromatic rings. The van der Waals surface area contributed by atoms with Crippen molar-refractivity contribution in [3.05, 3.63) is 63.6 Å². The Morgan fingerprint density at radius 3 is 2.51 bits per heavy atom. The zero-order chi connectivity index (χ0) is 25.2. The van der Waals surface area contributed by atoms with Crippen LogP contribution in [-0.2, 0) is 36.0 Å². The van der Waals surface area contributed by atoms with Crippen LogP contribution in [0, 0.1) is 0 Å². The van der Waals surface area contributed by atoms with Crippen LogP contribution in [0.1, 0.15) is 61.6 Å². The second kappa shape index (κ2) is 10.4. The summed E-state index contributed by atoms with van der Waals surface area (Å²) in [7, 11) is -3.33. The molecule has 0 saturated carbocycles. The van der Waals surface area contributed by atoms with Gasteiger partial charge in [0.2, 0.25) is 5.91 Å². The summed E-state index contributed by atoms with van der Waals surface area (Å²) >= 11 is 3.75. The minimum atomic E-state index is -3.33. The van der Waals surface area contributed by atoms with E-state index in [1.54, 1.807) is 24.3 Å². The molecule has 1 fully saturated rings. The highest BCUT2D eigenvalue weighted by molar-refractivity contribution is 9.10. The Morgan fingerprint density at radius 2 is 1.83 bits per heavy atom. The minimum Gasteiger partial charge on any atom is -0.466 e. The minimum absolute atomic E-state index is 0.0524. The van der Waals surface area contributed by atoms with Crippen LogP contribution in [0.15, 0.2) is 51.8 Å². The highest BCUT2D eigenvalue weighted by Gasteiger charge is 2.47. The van der Waals surface area contributed by atoms with E-state index in [2.05, 4.69) is 28.1 Å². The number of sulfone groups is 1. The number of ether oxygens (including phenoxy) is 1. The van der Waals surface area contributed by atoms with Crippen molar-refractivity contribution in [2.75, 3.05) is 26.0 Å². The maximum Gasteiger partial charge on any atom is 0.306 e. The number of fused-ring (bicyclic) bond motifs is 2. The number of likely N-dealkylation sites (tertiary alicyclic amines) is 1. The number of carbonyl (C=O) groups excluding carboxylic acids is 2. The summed E-state index contributed by atoms with van der Waals surface area (Å²) in [5, 5.41) is 0. The largest absolute Gasteiger partial charge is 0.466 e. The summed E-state index contributed by atoms with van der Waals surface area (Å²) < 4.78 is 30.4. The smallest absolute Gasteiger partial charge is 0.306 e. The van der Waals surface area contributed by atoms with Crippen LogP contribution in [0.2, 0.25) is 0 Å². The number of rotatable bonds is 7. The third kappa shape index (κ3) is 5.48. The number of benzene rings is 2. The monoisotopic (exact) mass is 561 g/mol. The highest BCUT2D eigenvalue weighted by atomic mass is 79.9. The maximum absolute atomic E-state index is 13.0. The van der Waals surface area contributed by atoms with Crippen molar-refractivity contribution in [1.29, 1.82) is 0 Å². The third-order valence-electron chi connectivity index (χ3n) is 7.43. The molecule has 1 aliphatic carbocycles. The first-order valence-corrected chi connectivity index (χ1v) is 14.8. The lowest BCUT2D eigenvalue weighted by molar-refractivity contribution is -0.143. The van der Waals surface area contributed by atoms with Gasteiger partial charge in [0.25, 0.3) is 0 Å². The molecule has 4 rings (SSSR count). The first-order valence-electron chi connectivity index (χ1n) is 12.1. The van der Waals surface area contributed by atoms with Crippen molar-refractivity contribution in [2.45, 2.75) is 61.7 Å². The number of hydrogen-bond acceptors (Lipinski definition) is 5. The molecule has 188 valence electrons. The Kier molecular flexibility index (Phi) is 7.71. The van der Waals surface area contributed by atoms with Crippen molar-refractivity contribution in [3.8, 4) is 0 Å². The molecule has 1 saturated heterocycles. The van der Waals surface area contributed by atoms with Crippen LogP contribution in [0.25, 0.3) is 0 Å². The molecule has 1 unspecified atom stereocenters. The second-order valence-electron chi connectivity index (χ2n) is 9.66. The number of amides is 1. The van der Waals surface area contributed by atoms with Gasteiger partial charge in [0.15, 0.2) is 9.84 Å². The zero-order valence-electron chi connectivity index (χ0n) is 20.3. The number of carbonyl (C=O) groups is 2. The Balaban J connectivity index is 1.44. The average molecular weight is 563 g/mol.